The Balaban J connectivity index is 1.53. The Morgan fingerprint density at radius 3 is 2.52 bits per heavy atom. The van der Waals surface area contributed by atoms with Crippen molar-refractivity contribution in [3.63, 3.8) is 0 Å². The standard InChI is InChI=1S/C21H23N3O2S/c1-14-12-19(16(3)27-14)20(25)8-9-21(26)23-15(2)17-4-6-18(7-5-17)24-11-10-22-13-24/h4-7,10-13,15H,8-9H2,1-3H3,(H,23,26)/t15-/m1/s1. The second-order valence-electron chi connectivity index (χ2n) is 6.60. The van der Waals surface area contributed by atoms with E-state index in [1.165, 1.54) is 0 Å². The molecule has 2 aromatic heterocycles. The second kappa shape index (κ2) is 8.31. The number of nitrogens with one attached hydrogen (secondary N) is 1. The smallest absolute Gasteiger partial charge is 0.220 e. The Morgan fingerprint density at radius 2 is 1.93 bits per heavy atom. The van der Waals surface area contributed by atoms with E-state index in [4.69, 9.17) is 0 Å². The van der Waals surface area contributed by atoms with E-state index in [1.807, 2.05) is 61.9 Å². The maximum atomic E-state index is 12.3. The predicted octanol–water partition coefficient (Wildman–Crippen LogP) is 4.39. The lowest BCUT2D eigenvalue weighted by atomic mass is 10.1. The Hall–Kier alpha value is -2.73. The molecule has 0 saturated carbocycles. The number of aromatic nitrogens is 2. The number of Topliss-reactive ketones (excluding diaryl/α,β-unsaturated/α-hetero) is 1. The molecule has 1 N–H and O–H groups in total. The highest BCUT2D eigenvalue weighted by atomic mass is 32.1. The predicted molar refractivity (Wildman–Crippen MR) is 107 cm³/mol. The molecule has 0 aliphatic rings. The summed E-state index contributed by atoms with van der Waals surface area (Å²) in [5.41, 5.74) is 2.78. The molecular weight excluding hydrogens is 358 g/mol. The second-order valence-corrected chi connectivity index (χ2v) is 8.06. The van der Waals surface area contributed by atoms with E-state index < -0.39 is 0 Å². The fourth-order valence-electron chi connectivity index (χ4n) is 3.01. The van der Waals surface area contributed by atoms with Crippen LogP contribution in [-0.2, 0) is 4.79 Å². The SMILES string of the molecule is Cc1cc(C(=O)CCC(=O)N[C@H](C)c2ccc(-n3ccnc3)cc2)c(C)s1. The average Bonchev–Trinajstić information content (AvgIpc) is 3.29. The number of imidazole rings is 1. The first-order valence-electron chi connectivity index (χ1n) is 8.92. The highest BCUT2D eigenvalue weighted by molar-refractivity contribution is 7.12. The molecular formula is C21H23N3O2S. The summed E-state index contributed by atoms with van der Waals surface area (Å²) in [6.45, 7) is 5.87. The van der Waals surface area contributed by atoms with Crippen LogP contribution in [0.4, 0.5) is 0 Å². The number of carbonyl (C=O) groups is 2. The van der Waals surface area contributed by atoms with Crippen molar-refractivity contribution in [1.29, 1.82) is 0 Å². The van der Waals surface area contributed by atoms with Gasteiger partial charge in [0.1, 0.15) is 0 Å². The summed E-state index contributed by atoms with van der Waals surface area (Å²) >= 11 is 1.61. The lowest BCUT2D eigenvalue weighted by Crippen LogP contribution is -2.27. The number of nitrogens with zero attached hydrogens (tertiary/aromatic N) is 2. The zero-order chi connectivity index (χ0) is 19.4. The molecule has 0 fully saturated rings. The van der Waals surface area contributed by atoms with Crippen LogP contribution in [0.1, 0.15) is 51.5 Å². The highest BCUT2D eigenvalue weighted by Gasteiger charge is 2.15. The van der Waals surface area contributed by atoms with Crippen LogP contribution in [0, 0.1) is 13.8 Å². The van der Waals surface area contributed by atoms with Gasteiger partial charge in [-0.3, -0.25) is 9.59 Å². The van der Waals surface area contributed by atoms with Crippen molar-refractivity contribution in [2.75, 3.05) is 0 Å². The van der Waals surface area contributed by atoms with E-state index in [0.717, 1.165) is 26.6 Å². The molecule has 2 heterocycles. The van der Waals surface area contributed by atoms with Crippen molar-refractivity contribution in [1.82, 2.24) is 14.9 Å². The largest absolute Gasteiger partial charge is 0.350 e. The first-order valence-corrected chi connectivity index (χ1v) is 9.73. The van der Waals surface area contributed by atoms with Gasteiger partial charge in [-0.1, -0.05) is 12.1 Å². The third-order valence-corrected chi connectivity index (χ3v) is 5.46. The maximum Gasteiger partial charge on any atom is 0.220 e. The summed E-state index contributed by atoms with van der Waals surface area (Å²) in [6.07, 6.45) is 5.79. The first kappa shape index (κ1) is 19.0. The van der Waals surface area contributed by atoms with Crippen LogP contribution >= 0.6 is 11.3 Å². The van der Waals surface area contributed by atoms with Crippen LogP contribution in [0.3, 0.4) is 0 Å². The van der Waals surface area contributed by atoms with Gasteiger partial charge in [0.15, 0.2) is 5.78 Å². The molecule has 0 spiro atoms. The van der Waals surface area contributed by atoms with Crippen molar-refractivity contribution < 1.29 is 9.59 Å². The van der Waals surface area contributed by atoms with Gasteiger partial charge in [-0.25, -0.2) is 4.98 Å². The fraction of sp³-hybridized carbons (Fsp3) is 0.286. The number of benzene rings is 1. The molecule has 5 nitrogen and oxygen atoms in total. The van der Waals surface area contributed by atoms with E-state index in [2.05, 4.69) is 10.3 Å². The van der Waals surface area contributed by atoms with Gasteiger partial charge in [0.2, 0.25) is 5.91 Å². The van der Waals surface area contributed by atoms with Gasteiger partial charge in [-0.05, 0) is 44.5 Å². The van der Waals surface area contributed by atoms with E-state index in [-0.39, 0.29) is 30.6 Å². The molecule has 3 rings (SSSR count). The molecule has 0 bridgehead atoms. The number of hydrogen-bond acceptors (Lipinski definition) is 4. The minimum atomic E-state index is -0.116. The van der Waals surface area contributed by atoms with E-state index >= 15 is 0 Å². The van der Waals surface area contributed by atoms with Crippen molar-refractivity contribution in [3.8, 4) is 5.69 Å². The summed E-state index contributed by atoms with van der Waals surface area (Å²) < 4.78 is 1.92. The van der Waals surface area contributed by atoms with Crippen LogP contribution < -0.4 is 5.32 Å². The van der Waals surface area contributed by atoms with Crippen molar-refractivity contribution >= 4 is 23.0 Å². The number of thiophene rings is 1. The Labute approximate surface area is 163 Å². The van der Waals surface area contributed by atoms with Crippen molar-refractivity contribution in [2.24, 2.45) is 0 Å². The molecule has 6 heteroatoms. The fourth-order valence-corrected chi connectivity index (χ4v) is 3.96. The number of carbonyl (C=O) groups excluding carboxylic acids is 2. The molecule has 1 amide bonds. The summed E-state index contributed by atoms with van der Waals surface area (Å²) in [7, 11) is 0. The highest BCUT2D eigenvalue weighted by Crippen LogP contribution is 2.22. The topological polar surface area (TPSA) is 64.0 Å². The lowest BCUT2D eigenvalue weighted by molar-refractivity contribution is -0.121. The molecule has 0 radical (unpaired) electrons. The Kier molecular flexibility index (Phi) is 5.86. The molecule has 0 aliphatic carbocycles. The normalized spacial score (nSPS) is 12.0. The van der Waals surface area contributed by atoms with E-state index in [9.17, 15) is 9.59 Å². The quantitative estimate of drug-likeness (QED) is 0.617. The van der Waals surface area contributed by atoms with Gasteiger partial charge in [0.05, 0.1) is 12.4 Å². The molecule has 1 aromatic carbocycles. The average molecular weight is 382 g/mol. The molecule has 0 aliphatic heterocycles. The van der Waals surface area contributed by atoms with Gasteiger partial charge >= 0.3 is 0 Å². The monoisotopic (exact) mass is 381 g/mol. The molecule has 140 valence electrons. The summed E-state index contributed by atoms with van der Waals surface area (Å²) in [6, 6.07) is 9.75. The summed E-state index contributed by atoms with van der Waals surface area (Å²) in [5, 5.41) is 2.97. The van der Waals surface area contributed by atoms with Crippen LogP contribution in [0.15, 0.2) is 49.1 Å². The maximum absolute atomic E-state index is 12.3. The third-order valence-electron chi connectivity index (χ3n) is 4.49. The number of aryl methyl sites for hydroxylation is 2. The van der Waals surface area contributed by atoms with Crippen LogP contribution in [0.2, 0.25) is 0 Å². The minimum Gasteiger partial charge on any atom is -0.350 e. The van der Waals surface area contributed by atoms with Gasteiger partial charge in [-0.2, -0.15) is 0 Å². The summed E-state index contributed by atoms with van der Waals surface area (Å²) in [5.74, 6) is -0.0801. The van der Waals surface area contributed by atoms with Crippen LogP contribution in [-0.4, -0.2) is 21.2 Å². The van der Waals surface area contributed by atoms with Crippen molar-refractivity contribution in [2.45, 2.75) is 39.7 Å². The third kappa shape index (κ3) is 4.71. The molecule has 1 atom stereocenters. The minimum absolute atomic E-state index is 0.0318. The van der Waals surface area contributed by atoms with E-state index in [1.54, 1.807) is 23.9 Å². The zero-order valence-corrected chi connectivity index (χ0v) is 16.5. The first-order chi connectivity index (χ1) is 12.9. The zero-order valence-electron chi connectivity index (χ0n) is 15.7. The van der Waals surface area contributed by atoms with Gasteiger partial charge in [-0.15, -0.1) is 11.3 Å². The molecule has 3 aromatic rings. The van der Waals surface area contributed by atoms with Gasteiger partial charge < -0.3 is 9.88 Å². The molecule has 0 unspecified atom stereocenters. The van der Waals surface area contributed by atoms with Crippen LogP contribution in [0.5, 0.6) is 0 Å². The molecule has 27 heavy (non-hydrogen) atoms. The van der Waals surface area contributed by atoms with Gasteiger partial charge in [0.25, 0.3) is 0 Å². The lowest BCUT2D eigenvalue weighted by Gasteiger charge is -2.15. The van der Waals surface area contributed by atoms with Gasteiger partial charge in [0, 0.05) is 46.2 Å². The van der Waals surface area contributed by atoms with E-state index in [0.29, 0.717) is 0 Å². The summed E-state index contributed by atoms with van der Waals surface area (Å²) in [4.78, 5) is 30.7. The number of amides is 1. The number of hydrogen-bond donors (Lipinski definition) is 1. The Bertz CT molecular complexity index is 927. The number of ketones is 1. The Morgan fingerprint density at radius 1 is 1.19 bits per heavy atom. The van der Waals surface area contributed by atoms with Crippen molar-refractivity contribution in [3.05, 3.63) is 69.9 Å². The molecule has 0 saturated heterocycles. The van der Waals surface area contributed by atoms with Crippen LogP contribution in [0.25, 0.3) is 5.69 Å². The number of rotatable bonds is 7.